The molecule has 0 fully saturated rings. The molecule has 12 heteroatoms. The second-order valence-corrected chi connectivity index (χ2v) is 9.51. The molecule has 1 heterocycles. The fourth-order valence-corrected chi connectivity index (χ4v) is 4.58. The molecule has 0 aliphatic heterocycles. The number of aromatic amines is 1. The maximum Gasteiger partial charge on any atom is 0.346 e. The number of H-pyrrole nitrogens is 1. The van der Waals surface area contributed by atoms with Gasteiger partial charge in [-0.15, -0.1) is 0 Å². The molecule has 0 bridgehead atoms. The summed E-state index contributed by atoms with van der Waals surface area (Å²) in [5.74, 6) is -2.85. The maximum absolute atomic E-state index is 13.2. The minimum Gasteiger partial charge on any atom is -0.480 e. The van der Waals surface area contributed by atoms with E-state index in [1.807, 2.05) is 0 Å². The SMILES string of the molecule is O=C(N[C@@H](Cc1cnc(=O)[nH]c1NC(=O)c1c(Cl)cccc1Cl)C(=O)O)c1ccccc1-c1cccc(Cl)c1. The molecular formula is C27H19Cl3N4O5. The molecule has 0 aliphatic rings. The summed E-state index contributed by atoms with van der Waals surface area (Å²) in [6.45, 7) is 0. The molecule has 4 aromatic rings. The summed E-state index contributed by atoms with van der Waals surface area (Å²) in [7, 11) is 0. The Balaban J connectivity index is 1.61. The van der Waals surface area contributed by atoms with E-state index in [1.165, 1.54) is 12.1 Å². The number of hydrogen-bond acceptors (Lipinski definition) is 5. The molecule has 0 aliphatic carbocycles. The highest BCUT2D eigenvalue weighted by atomic mass is 35.5. The number of hydrogen-bond donors (Lipinski definition) is 4. The third-order valence-corrected chi connectivity index (χ3v) is 6.52. The van der Waals surface area contributed by atoms with Crippen LogP contribution in [0.4, 0.5) is 5.82 Å². The summed E-state index contributed by atoms with van der Waals surface area (Å²) in [6.07, 6.45) is 0.792. The second kappa shape index (κ2) is 12.1. The van der Waals surface area contributed by atoms with Gasteiger partial charge in [-0.1, -0.05) is 71.2 Å². The molecule has 4 rings (SSSR count). The van der Waals surface area contributed by atoms with Gasteiger partial charge in [0, 0.05) is 28.8 Å². The zero-order chi connectivity index (χ0) is 28.1. The number of anilines is 1. The fraction of sp³-hybridized carbons (Fsp3) is 0.0741. The number of amides is 2. The van der Waals surface area contributed by atoms with Crippen LogP contribution in [0.1, 0.15) is 26.3 Å². The molecule has 0 saturated carbocycles. The van der Waals surface area contributed by atoms with Crippen LogP contribution in [0, 0.1) is 0 Å². The Labute approximate surface area is 236 Å². The number of nitrogens with zero attached hydrogens (tertiary/aromatic N) is 1. The van der Waals surface area contributed by atoms with Crippen LogP contribution in [-0.2, 0) is 11.2 Å². The number of carbonyl (C=O) groups is 3. The monoisotopic (exact) mass is 584 g/mol. The van der Waals surface area contributed by atoms with E-state index < -0.39 is 29.5 Å². The van der Waals surface area contributed by atoms with Crippen LogP contribution >= 0.6 is 34.8 Å². The van der Waals surface area contributed by atoms with Crippen LogP contribution in [0.15, 0.2) is 77.7 Å². The van der Waals surface area contributed by atoms with E-state index >= 15 is 0 Å². The highest BCUT2D eigenvalue weighted by Gasteiger charge is 2.25. The van der Waals surface area contributed by atoms with Gasteiger partial charge in [-0.05, 0) is 41.5 Å². The van der Waals surface area contributed by atoms with Gasteiger partial charge < -0.3 is 15.7 Å². The van der Waals surface area contributed by atoms with Crippen LogP contribution in [0.25, 0.3) is 11.1 Å². The van der Waals surface area contributed by atoms with E-state index in [0.29, 0.717) is 16.1 Å². The van der Waals surface area contributed by atoms with Crippen molar-refractivity contribution in [2.24, 2.45) is 0 Å². The van der Waals surface area contributed by atoms with Gasteiger partial charge in [-0.25, -0.2) is 14.6 Å². The largest absolute Gasteiger partial charge is 0.480 e. The van der Waals surface area contributed by atoms with Gasteiger partial charge in [0.15, 0.2) is 0 Å². The van der Waals surface area contributed by atoms with Crippen molar-refractivity contribution in [3.8, 4) is 11.1 Å². The zero-order valence-corrected chi connectivity index (χ0v) is 22.1. The van der Waals surface area contributed by atoms with Gasteiger partial charge in [-0.2, -0.15) is 0 Å². The van der Waals surface area contributed by atoms with Crippen LogP contribution in [0.2, 0.25) is 15.1 Å². The molecule has 3 aromatic carbocycles. The molecule has 2 amide bonds. The summed E-state index contributed by atoms with van der Waals surface area (Å²) in [4.78, 5) is 56.2. The summed E-state index contributed by atoms with van der Waals surface area (Å²) in [5, 5.41) is 15.5. The lowest BCUT2D eigenvalue weighted by Gasteiger charge is -2.18. The first-order chi connectivity index (χ1) is 18.6. The molecule has 39 heavy (non-hydrogen) atoms. The van der Waals surface area contributed by atoms with Crippen LogP contribution in [0.3, 0.4) is 0 Å². The van der Waals surface area contributed by atoms with Crippen LogP contribution in [0.5, 0.6) is 0 Å². The lowest BCUT2D eigenvalue weighted by atomic mass is 9.98. The number of aromatic nitrogens is 2. The van der Waals surface area contributed by atoms with Crippen molar-refractivity contribution < 1.29 is 19.5 Å². The molecule has 9 nitrogen and oxygen atoms in total. The topological polar surface area (TPSA) is 141 Å². The first kappa shape index (κ1) is 27.8. The average molecular weight is 586 g/mol. The molecule has 0 radical (unpaired) electrons. The third-order valence-electron chi connectivity index (χ3n) is 5.65. The van der Waals surface area contributed by atoms with Crippen molar-refractivity contribution >= 4 is 58.4 Å². The Hall–Kier alpha value is -4.18. The highest BCUT2D eigenvalue weighted by Crippen LogP contribution is 2.27. The number of aliphatic carboxylic acids is 1. The van der Waals surface area contributed by atoms with E-state index in [9.17, 15) is 24.3 Å². The molecule has 1 aromatic heterocycles. The van der Waals surface area contributed by atoms with E-state index in [1.54, 1.807) is 54.6 Å². The van der Waals surface area contributed by atoms with Gasteiger partial charge in [-0.3, -0.25) is 14.6 Å². The molecule has 0 saturated heterocycles. The predicted octanol–water partition coefficient (Wildman–Crippen LogP) is 5.08. The van der Waals surface area contributed by atoms with E-state index in [-0.39, 0.29) is 39.0 Å². The number of carboxylic acid groups (broad SMARTS) is 1. The summed E-state index contributed by atoms with van der Waals surface area (Å²) >= 11 is 18.3. The molecule has 4 N–H and O–H groups in total. The van der Waals surface area contributed by atoms with Gasteiger partial charge >= 0.3 is 11.7 Å². The highest BCUT2D eigenvalue weighted by molar-refractivity contribution is 6.40. The van der Waals surface area contributed by atoms with E-state index in [0.717, 1.165) is 6.20 Å². The third kappa shape index (κ3) is 6.64. The number of carboxylic acids is 1. The van der Waals surface area contributed by atoms with Crippen molar-refractivity contribution in [3.05, 3.63) is 115 Å². The molecule has 0 spiro atoms. The molecule has 198 valence electrons. The number of rotatable bonds is 8. The van der Waals surface area contributed by atoms with Gasteiger partial charge in [0.1, 0.15) is 11.9 Å². The lowest BCUT2D eigenvalue weighted by molar-refractivity contribution is -0.139. The summed E-state index contributed by atoms with van der Waals surface area (Å²) in [6, 6.07) is 16.6. The van der Waals surface area contributed by atoms with Crippen LogP contribution in [-0.4, -0.2) is 38.9 Å². The minimum absolute atomic E-state index is 0.0369. The number of benzene rings is 3. The lowest BCUT2D eigenvalue weighted by Crippen LogP contribution is -2.42. The minimum atomic E-state index is -1.45. The quantitative estimate of drug-likeness (QED) is 0.227. The number of halogens is 3. The Morgan fingerprint density at radius 3 is 2.31 bits per heavy atom. The van der Waals surface area contributed by atoms with Gasteiger partial charge in [0.05, 0.1) is 15.6 Å². The van der Waals surface area contributed by atoms with Gasteiger partial charge in [0.25, 0.3) is 11.8 Å². The maximum atomic E-state index is 13.2. The van der Waals surface area contributed by atoms with Crippen LogP contribution < -0.4 is 16.3 Å². The summed E-state index contributed by atoms with van der Waals surface area (Å²) < 4.78 is 0. The summed E-state index contributed by atoms with van der Waals surface area (Å²) in [5.41, 5.74) is 0.773. The average Bonchev–Trinajstić information content (AvgIpc) is 2.89. The normalized spacial score (nSPS) is 11.5. The fourth-order valence-electron chi connectivity index (χ4n) is 3.82. The first-order valence-electron chi connectivity index (χ1n) is 11.4. The van der Waals surface area contributed by atoms with Crippen molar-refractivity contribution in [2.45, 2.75) is 12.5 Å². The van der Waals surface area contributed by atoms with Crippen molar-refractivity contribution in [3.63, 3.8) is 0 Å². The number of carbonyl (C=O) groups excluding carboxylic acids is 2. The Morgan fingerprint density at radius 1 is 0.923 bits per heavy atom. The Kier molecular flexibility index (Phi) is 8.65. The van der Waals surface area contributed by atoms with Crippen molar-refractivity contribution in [1.82, 2.24) is 15.3 Å². The molecule has 1 atom stereocenters. The van der Waals surface area contributed by atoms with Crippen molar-refractivity contribution in [1.29, 1.82) is 0 Å². The second-order valence-electron chi connectivity index (χ2n) is 8.26. The zero-order valence-electron chi connectivity index (χ0n) is 19.9. The molecule has 0 unspecified atom stereocenters. The Bertz CT molecular complexity index is 1620. The van der Waals surface area contributed by atoms with E-state index in [4.69, 9.17) is 34.8 Å². The Morgan fingerprint density at radius 2 is 1.62 bits per heavy atom. The first-order valence-corrected chi connectivity index (χ1v) is 12.5. The van der Waals surface area contributed by atoms with Crippen molar-refractivity contribution in [2.75, 3.05) is 5.32 Å². The van der Waals surface area contributed by atoms with E-state index in [2.05, 4.69) is 20.6 Å². The number of nitrogens with one attached hydrogen (secondary N) is 3. The smallest absolute Gasteiger partial charge is 0.346 e. The standard InChI is InChI=1S/C27H19Cl3N4O5/c28-16-6-3-5-14(11-16)17-7-1-2-8-18(17)24(35)32-21(26(37)38)12-15-13-31-27(39)34-23(15)33-25(36)22-19(29)9-4-10-20(22)30/h1-11,13,21H,12H2,(H,32,35)(H,37,38)(H2,31,33,34,36,39)/t21-/m0/s1. The molecular weight excluding hydrogens is 567 g/mol. The van der Waals surface area contributed by atoms with Gasteiger partial charge in [0.2, 0.25) is 0 Å². The predicted molar refractivity (Wildman–Crippen MR) is 149 cm³/mol.